The molecule has 0 spiro atoms. The number of carbonyl (C=O) groups excluding carboxylic acids is 2. The lowest BCUT2D eigenvalue weighted by Crippen LogP contribution is -2.14. The molecule has 1 amide bonds. The predicted molar refractivity (Wildman–Crippen MR) is 81.5 cm³/mol. The van der Waals surface area contributed by atoms with Gasteiger partial charge in [0.15, 0.2) is 0 Å². The minimum atomic E-state index is -0.464. The number of hydrogen-bond donors (Lipinski definition) is 1. The zero-order chi connectivity index (χ0) is 16.1. The highest BCUT2D eigenvalue weighted by Gasteiger charge is 2.11. The molecule has 2 aromatic rings. The van der Waals surface area contributed by atoms with Crippen LogP contribution in [0.3, 0.4) is 0 Å². The molecule has 1 N–H and O–H groups in total. The SMILES string of the molecule is CCOC(=O)c1ccc(NC(=O)c2cc(F)ccc2C)cc1. The number of nitrogens with one attached hydrogen (secondary N) is 1. The Morgan fingerprint density at radius 1 is 1.14 bits per heavy atom. The number of aryl methyl sites for hydroxylation is 1. The van der Waals surface area contributed by atoms with E-state index in [2.05, 4.69) is 5.32 Å². The lowest BCUT2D eigenvalue weighted by Gasteiger charge is -2.08. The fourth-order valence-electron chi connectivity index (χ4n) is 1.94. The van der Waals surface area contributed by atoms with Crippen molar-refractivity contribution in [3.63, 3.8) is 0 Å². The molecular weight excluding hydrogens is 285 g/mol. The molecule has 0 saturated heterocycles. The van der Waals surface area contributed by atoms with E-state index in [0.29, 0.717) is 23.4 Å². The molecule has 4 nitrogen and oxygen atoms in total. The fourth-order valence-corrected chi connectivity index (χ4v) is 1.94. The Hall–Kier alpha value is -2.69. The quantitative estimate of drug-likeness (QED) is 0.878. The Balaban J connectivity index is 2.12. The molecule has 114 valence electrons. The van der Waals surface area contributed by atoms with Crippen molar-refractivity contribution in [2.45, 2.75) is 13.8 Å². The zero-order valence-corrected chi connectivity index (χ0v) is 12.4. The lowest BCUT2D eigenvalue weighted by molar-refractivity contribution is 0.0526. The fraction of sp³-hybridized carbons (Fsp3) is 0.176. The summed E-state index contributed by atoms with van der Waals surface area (Å²) in [4.78, 5) is 23.7. The molecule has 0 atom stereocenters. The Morgan fingerprint density at radius 3 is 2.45 bits per heavy atom. The number of esters is 1. The van der Waals surface area contributed by atoms with E-state index >= 15 is 0 Å². The summed E-state index contributed by atoms with van der Waals surface area (Å²) in [5.41, 5.74) is 1.88. The number of amides is 1. The van der Waals surface area contributed by atoms with E-state index in [9.17, 15) is 14.0 Å². The number of anilines is 1. The molecule has 5 heteroatoms. The summed E-state index contributed by atoms with van der Waals surface area (Å²) in [6, 6.07) is 10.4. The molecule has 0 aliphatic carbocycles. The topological polar surface area (TPSA) is 55.4 Å². The van der Waals surface area contributed by atoms with Crippen LogP contribution in [-0.4, -0.2) is 18.5 Å². The monoisotopic (exact) mass is 301 g/mol. The standard InChI is InChI=1S/C17H16FNO3/c1-3-22-17(21)12-5-8-14(9-6-12)19-16(20)15-10-13(18)7-4-11(15)2/h4-10H,3H2,1-2H3,(H,19,20). The maximum absolute atomic E-state index is 13.2. The number of rotatable bonds is 4. The molecule has 0 heterocycles. The third kappa shape index (κ3) is 3.69. The van der Waals surface area contributed by atoms with Crippen LogP contribution in [-0.2, 0) is 4.74 Å². The van der Waals surface area contributed by atoms with Crippen molar-refractivity contribution < 1.29 is 18.7 Å². The van der Waals surface area contributed by atoms with Crippen LogP contribution in [0.25, 0.3) is 0 Å². The molecular formula is C17H16FNO3. The summed E-state index contributed by atoms with van der Waals surface area (Å²) >= 11 is 0. The van der Waals surface area contributed by atoms with Gasteiger partial charge < -0.3 is 10.1 Å². The first-order valence-electron chi connectivity index (χ1n) is 6.86. The summed E-state index contributed by atoms with van der Waals surface area (Å²) in [6.45, 7) is 3.77. The first-order chi connectivity index (χ1) is 10.5. The normalized spacial score (nSPS) is 10.1. The van der Waals surface area contributed by atoms with Gasteiger partial charge in [-0.3, -0.25) is 4.79 Å². The molecule has 0 unspecified atom stereocenters. The molecule has 0 saturated carbocycles. The Morgan fingerprint density at radius 2 is 1.82 bits per heavy atom. The molecule has 0 aliphatic heterocycles. The molecule has 0 aliphatic rings. The molecule has 2 rings (SSSR count). The highest BCUT2D eigenvalue weighted by atomic mass is 19.1. The summed E-state index contributed by atoms with van der Waals surface area (Å²) < 4.78 is 18.1. The molecule has 0 bridgehead atoms. The number of hydrogen-bond acceptors (Lipinski definition) is 3. The lowest BCUT2D eigenvalue weighted by atomic mass is 10.1. The number of halogens is 1. The Kier molecular flexibility index (Phi) is 4.88. The van der Waals surface area contributed by atoms with E-state index in [1.165, 1.54) is 12.1 Å². The van der Waals surface area contributed by atoms with Crippen LogP contribution in [0.1, 0.15) is 33.2 Å². The smallest absolute Gasteiger partial charge is 0.338 e. The molecule has 0 fully saturated rings. The predicted octanol–water partition coefficient (Wildman–Crippen LogP) is 3.56. The summed E-state index contributed by atoms with van der Waals surface area (Å²) in [6.07, 6.45) is 0. The summed E-state index contributed by atoms with van der Waals surface area (Å²) in [5, 5.41) is 2.67. The van der Waals surface area contributed by atoms with E-state index in [-0.39, 0.29) is 5.56 Å². The van der Waals surface area contributed by atoms with Gasteiger partial charge >= 0.3 is 5.97 Å². The third-order valence-corrected chi connectivity index (χ3v) is 3.10. The van der Waals surface area contributed by atoms with Crippen LogP contribution >= 0.6 is 0 Å². The molecule has 0 aromatic heterocycles. The maximum Gasteiger partial charge on any atom is 0.338 e. The number of ether oxygens (including phenoxy) is 1. The second kappa shape index (κ2) is 6.85. The van der Waals surface area contributed by atoms with Crippen molar-refractivity contribution in [3.05, 3.63) is 65.0 Å². The van der Waals surface area contributed by atoms with Gasteiger partial charge in [-0.25, -0.2) is 9.18 Å². The minimum absolute atomic E-state index is 0.273. The largest absolute Gasteiger partial charge is 0.462 e. The average Bonchev–Trinajstić information content (AvgIpc) is 2.50. The van der Waals surface area contributed by atoms with E-state index in [1.807, 2.05) is 0 Å². The van der Waals surface area contributed by atoms with Crippen LogP contribution in [0.5, 0.6) is 0 Å². The van der Waals surface area contributed by atoms with Crippen molar-refractivity contribution >= 4 is 17.6 Å². The van der Waals surface area contributed by atoms with Crippen LogP contribution < -0.4 is 5.32 Å². The van der Waals surface area contributed by atoms with Crippen LogP contribution in [0.4, 0.5) is 10.1 Å². The van der Waals surface area contributed by atoms with Gasteiger partial charge in [0.2, 0.25) is 0 Å². The van der Waals surface area contributed by atoms with Gasteiger partial charge in [0.25, 0.3) is 5.91 Å². The van der Waals surface area contributed by atoms with Gasteiger partial charge in [0, 0.05) is 11.3 Å². The number of benzene rings is 2. The second-order valence-corrected chi connectivity index (χ2v) is 4.71. The van der Waals surface area contributed by atoms with E-state index in [0.717, 1.165) is 0 Å². The van der Waals surface area contributed by atoms with Crippen molar-refractivity contribution in [1.82, 2.24) is 0 Å². The first-order valence-corrected chi connectivity index (χ1v) is 6.86. The van der Waals surface area contributed by atoms with E-state index in [4.69, 9.17) is 4.74 Å². The van der Waals surface area contributed by atoms with Gasteiger partial charge in [-0.1, -0.05) is 6.07 Å². The number of carbonyl (C=O) groups is 2. The van der Waals surface area contributed by atoms with Gasteiger partial charge in [0.05, 0.1) is 12.2 Å². The molecule has 2 aromatic carbocycles. The van der Waals surface area contributed by atoms with Crippen LogP contribution in [0, 0.1) is 12.7 Å². The van der Waals surface area contributed by atoms with Crippen LogP contribution in [0.2, 0.25) is 0 Å². The van der Waals surface area contributed by atoms with Crippen molar-refractivity contribution in [2.24, 2.45) is 0 Å². The Bertz CT molecular complexity index is 696. The van der Waals surface area contributed by atoms with E-state index in [1.54, 1.807) is 44.2 Å². The van der Waals surface area contributed by atoms with Gasteiger partial charge in [0.1, 0.15) is 5.82 Å². The van der Waals surface area contributed by atoms with Gasteiger partial charge in [-0.2, -0.15) is 0 Å². The minimum Gasteiger partial charge on any atom is -0.462 e. The van der Waals surface area contributed by atoms with Crippen molar-refractivity contribution in [3.8, 4) is 0 Å². The molecule has 22 heavy (non-hydrogen) atoms. The van der Waals surface area contributed by atoms with Crippen LogP contribution in [0.15, 0.2) is 42.5 Å². The summed E-state index contributed by atoms with van der Waals surface area (Å²) in [5.74, 6) is -1.28. The van der Waals surface area contributed by atoms with Crippen molar-refractivity contribution in [2.75, 3.05) is 11.9 Å². The molecule has 0 radical (unpaired) electrons. The highest BCUT2D eigenvalue weighted by molar-refractivity contribution is 6.05. The maximum atomic E-state index is 13.2. The summed E-state index contributed by atoms with van der Waals surface area (Å²) in [7, 11) is 0. The van der Waals surface area contributed by atoms with Gasteiger partial charge in [-0.15, -0.1) is 0 Å². The Labute approximate surface area is 127 Å². The first kappa shape index (κ1) is 15.7. The zero-order valence-electron chi connectivity index (χ0n) is 12.4. The average molecular weight is 301 g/mol. The third-order valence-electron chi connectivity index (χ3n) is 3.10. The van der Waals surface area contributed by atoms with Crippen molar-refractivity contribution in [1.29, 1.82) is 0 Å². The van der Waals surface area contributed by atoms with Gasteiger partial charge in [-0.05, 0) is 55.8 Å². The van der Waals surface area contributed by atoms with E-state index < -0.39 is 17.7 Å². The highest BCUT2D eigenvalue weighted by Crippen LogP contribution is 2.15. The second-order valence-electron chi connectivity index (χ2n) is 4.71.